The van der Waals surface area contributed by atoms with Gasteiger partial charge in [0.05, 0.1) is 25.6 Å². The summed E-state index contributed by atoms with van der Waals surface area (Å²) < 4.78 is 10.7. The van der Waals surface area contributed by atoms with Gasteiger partial charge in [-0.25, -0.2) is 4.98 Å². The van der Waals surface area contributed by atoms with Gasteiger partial charge in [-0.2, -0.15) is 0 Å². The predicted octanol–water partition coefficient (Wildman–Crippen LogP) is 5.26. The van der Waals surface area contributed by atoms with Crippen LogP contribution in [-0.2, 0) is 17.8 Å². The van der Waals surface area contributed by atoms with E-state index in [4.69, 9.17) is 9.15 Å². The van der Waals surface area contributed by atoms with Gasteiger partial charge >= 0.3 is 0 Å². The number of amides is 2. The number of nitrogens with zero attached hydrogens (tertiary/aromatic N) is 2. The number of hydrogen-bond donors (Lipinski definition) is 1. The average Bonchev–Trinajstić information content (AvgIpc) is 3.56. The normalized spacial score (nSPS) is 10.6. The SMILES string of the molecule is CCc1ccc(-c2nc(C(=O)N(CC(=O)Nc3ccccc3OC)Cc3ccco3)cs2)cc1. The summed E-state index contributed by atoms with van der Waals surface area (Å²) in [7, 11) is 1.54. The molecule has 34 heavy (non-hydrogen) atoms. The Morgan fingerprint density at radius 3 is 2.59 bits per heavy atom. The van der Waals surface area contributed by atoms with E-state index >= 15 is 0 Å². The molecule has 174 valence electrons. The van der Waals surface area contributed by atoms with Crippen molar-refractivity contribution in [1.82, 2.24) is 9.88 Å². The second-order valence-corrected chi connectivity index (χ2v) is 8.44. The highest BCUT2D eigenvalue weighted by Crippen LogP contribution is 2.26. The number of thiazole rings is 1. The van der Waals surface area contributed by atoms with Crippen molar-refractivity contribution in [2.24, 2.45) is 0 Å². The fourth-order valence-corrected chi connectivity index (χ4v) is 4.25. The molecule has 0 aliphatic rings. The minimum absolute atomic E-state index is 0.142. The quantitative estimate of drug-likeness (QED) is 0.357. The molecule has 8 heteroatoms. The molecule has 7 nitrogen and oxygen atoms in total. The van der Waals surface area contributed by atoms with Crippen LogP contribution < -0.4 is 10.1 Å². The first-order chi connectivity index (χ1) is 16.6. The Kier molecular flexibility index (Phi) is 7.39. The third-order valence-corrected chi connectivity index (χ3v) is 6.15. The molecule has 2 aromatic heterocycles. The number of furan rings is 1. The third-order valence-electron chi connectivity index (χ3n) is 5.26. The van der Waals surface area contributed by atoms with Crippen molar-refractivity contribution in [2.75, 3.05) is 19.0 Å². The number of benzene rings is 2. The smallest absolute Gasteiger partial charge is 0.274 e. The van der Waals surface area contributed by atoms with E-state index in [1.165, 1.54) is 35.2 Å². The Labute approximate surface area is 202 Å². The van der Waals surface area contributed by atoms with Crippen molar-refractivity contribution >= 4 is 28.8 Å². The number of carbonyl (C=O) groups is 2. The Morgan fingerprint density at radius 2 is 1.88 bits per heavy atom. The molecule has 4 aromatic rings. The van der Waals surface area contributed by atoms with E-state index in [0.29, 0.717) is 17.2 Å². The average molecular weight is 476 g/mol. The molecule has 0 spiro atoms. The maximum Gasteiger partial charge on any atom is 0.274 e. The summed E-state index contributed by atoms with van der Waals surface area (Å²) in [5.41, 5.74) is 3.01. The summed E-state index contributed by atoms with van der Waals surface area (Å²) in [5, 5.41) is 5.29. The molecule has 2 aromatic carbocycles. The largest absolute Gasteiger partial charge is 0.495 e. The number of rotatable bonds is 9. The Morgan fingerprint density at radius 1 is 1.09 bits per heavy atom. The summed E-state index contributed by atoms with van der Waals surface area (Å²) in [6, 6.07) is 18.8. The van der Waals surface area contributed by atoms with Crippen molar-refractivity contribution in [2.45, 2.75) is 19.9 Å². The number of para-hydroxylation sites is 2. The van der Waals surface area contributed by atoms with E-state index < -0.39 is 0 Å². The zero-order valence-corrected chi connectivity index (χ0v) is 19.8. The topological polar surface area (TPSA) is 84.7 Å². The van der Waals surface area contributed by atoms with Gasteiger partial charge in [-0.05, 0) is 36.2 Å². The first-order valence-corrected chi connectivity index (χ1v) is 11.7. The highest BCUT2D eigenvalue weighted by Gasteiger charge is 2.23. The highest BCUT2D eigenvalue weighted by atomic mass is 32.1. The summed E-state index contributed by atoms with van der Waals surface area (Å²) in [5.74, 6) is 0.413. The Bertz CT molecular complexity index is 1250. The molecule has 0 saturated heterocycles. The van der Waals surface area contributed by atoms with Crippen LogP contribution in [0.5, 0.6) is 5.75 Å². The zero-order chi connectivity index (χ0) is 23.9. The number of anilines is 1. The fraction of sp³-hybridized carbons (Fsp3) is 0.192. The number of carbonyl (C=O) groups excluding carboxylic acids is 2. The summed E-state index contributed by atoms with van der Waals surface area (Å²) in [4.78, 5) is 32.2. The van der Waals surface area contributed by atoms with E-state index in [1.54, 1.807) is 35.7 Å². The van der Waals surface area contributed by atoms with Crippen molar-refractivity contribution in [1.29, 1.82) is 0 Å². The lowest BCUT2D eigenvalue weighted by Crippen LogP contribution is -2.37. The molecule has 2 amide bonds. The second kappa shape index (κ2) is 10.8. The van der Waals surface area contributed by atoms with Crippen LogP contribution >= 0.6 is 11.3 Å². The van der Waals surface area contributed by atoms with Crippen molar-refractivity contribution < 1.29 is 18.7 Å². The van der Waals surface area contributed by atoms with E-state index in [9.17, 15) is 9.59 Å². The minimum Gasteiger partial charge on any atom is -0.495 e. The van der Waals surface area contributed by atoms with Crippen LogP contribution in [0.3, 0.4) is 0 Å². The zero-order valence-electron chi connectivity index (χ0n) is 19.0. The molecule has 4 rings (SSSR count). The number of nitrogens with one attached hydrogen (secondary N) is 1. The lowest BCUT2D eigenvalue weighted by atomic mass is 10.1. The molecule has 0 unspecified atom stereocenters. The monoisotopic (exact) mass is 475 g/mol. The van der Waals surface area contributed by atoms with Gasteiger partial charge in [-0.1, -0.05) is 43.3 Å². The Balaban J connectivity index is 1.52. The van der Waals surface area contributed by atoms with Gasteiger partial charge in [0.15, 0.2) is 0 Å². The maximum absolute atomic E-state index is 13.4. The van der Waals surface area contributed by atoms with Gasteiger partial charge < -0.3 is 19.4 Å². The third kappa shape index (κ3) is 5.52. The fourth-order valence-electron chi connectivity index (χ4n) is 3.45. The number of hydrogen-bond acceptors (Lipinski definition) is 6. The summed E-state index contributed by atoms with van der Waals surface area (Å²) >= 11 is 1.40. The van der Waals surface area contributed by atoms with Crippen LogP contribution in [0, 0.1) is 0 Å². The molecule has 0 atom stereocenters. The van der Waals surface area contributed by atoms with Crippen LogP contribution in [0.15, 0.2) is 76.7 Å². The van der Waals surface area contributed by atoms with Crippen LogP contribution in [0.4, 0.5) is 5.69 Å². The van der Waals surface area contributed by atoms with Crippen molar-refractivity contribution in [3.05, 3.63) is 89.3 Å². The summed E-state index contributed by atoms with van der Waals surface area (Å²) in [6.45, 7) is 2.08. The second-order valence-electron chi connectivity index (χ2n) is 7.58. The minimum atomic E-state index is -0.352. The van der Waals surface area contributed by atoms with Gasteiger partial charge in [0.25, 0.3) is 5.91 Å². The lowest BCUT2D eigenvalue weighted by molar-refractivity contribution is -0.117. The molecule has 0 radical (unpaired) electrons. The predicted molar refractivity (Wildman–Crippen MR) is 132 cm³/mol. The number of methoxy groups -OCH3 is 1. The molecular weight excluding hydrogens is 450 g/mol. The molecule has 1 N–H and O–H groups in total. The van der Waals surface area contributed by atoms with Gasteiger partial charge in [0.2, 0.25) is 5.91 Å². The molecule has 0 fully saturated rings. The van der Waals surface area contributed by atoms with Crippen molar-refractivity contribution in [3.8, 4) is 16.3 Å². The van der Waals surface area contributed by atoms with Crippen LogP contribution in [0.25, 0.3) is 10.6 Å². The van der Waals surface area contributed by atoms with Crippen molar-refractivity contribution in [3.63, 3.8) is 0 Å². The summed E-state index contributed by atoms with van der Waals surface area (Å²) in [6.07, 6.45) is 2.49. The van der Waals surface area contributed by atoms with Crippen LogP contribution in [-0.4, -0.2) is 35.4 Å². The van der Waals surface area contributed by atoms with Gasteiger partial charge in [-0.15, -0.1) is 11.3 Å². The lowest BCUT2D eigenvalue weighted by Gasteiger charge is -2.20. The highest BCUT2D eigenvalue weighted by molar-refractivity contribution is 7.13. The van der Waals surface area contributed by atoms with Gasteiger partial charge in [-0.3, -0.25) is 9.59 Å². The maximum atomic E-state index is 13.4. The van der Waals surface area contributed by atoms with E-state index in [2.05, 4.69) is 29.4 Å². The number of ether oxygens (including phenoxy) is 1. The Hall–Kier alpha value is -3.91. The van der Waals surface area contributed by atoms with Crippen LogP contribution in [0.1, 0.15) is 28.7 Å². The van der Waals surface area contributed by atoms with Gasteiger partial charge in [0, 0.05) is 10.9 Å². The molecular formula is C26H25N3O4S. The van der Waals surface area contributed by atoms with E-state index in [1.807, 2.05) is 18.2 Å². The van der Waals surface area contributed by atoms with Crippen LogP contribution in [0.2, 0.25) is 0 Å². The molecule has 0 aliphatic carbocycles. The molecule has 0 saturated carbocycles. The number of aromatic nitrogens is 1. The molecule has 0 aliphatic heterocycles. The standard InChI is InChI=1S/C26H25N3O4S/c1-3-18-10-12-19(13-11-18)25-28-22(17-34-25)26(31)29(15-20-7-6-14-33-20)16-24(30)27-21-8-4-5-9-23(21)32-2/h4-14,17H,3,15-16H2,1-2H3,(H,27,30). The molecule has 0 bridgehead atoms. The first-order valence-electron chi connectivity index (χ1n) is 10.9. The first kappa shape index (κ1) is 23.3. The van der Waals surface area contributed by atoms with E-state index in [0.717, 1.165) is 17.0 Å². The molecule has 2 heterocycles. The van der Waals surface area contributed by atoms with Gasteiger partial charge in [0.1, 0.15) is 28.8 Å². The number of aryl methyl sites for hydroxylation is 1. The van der Waals surface area contributed by atoms with E-state index in [-0.39, 0.29) is 30.6 Å².